The third kappa shape index (κ3) is 3.59. The number of nitrogens with zero attached hydrogens (tertiary/aromatic N) is 1. The summed E-state index contributed by atoms with van der Waals surface area (Å²) in [6.07, 6.45) is 1.10. The summed E-state index contributed by atoms with van der Waals surface area (Å²) in [5.74, 6) is 0. The number of benzene rings is 1. The van der Waals surface area contributed by atoms with E-state index in [9.17, 15) is 0 Å². The molecule has 86 valence electrons. The molecule has 0 radical (unpaired) electrons. The maximum atomic E-state index is 2.48. The van der Waals surface area contributed by atoms with E-state index in [1.807, 2.05) is 0 Å². The molecule has 0 bridgehead atoms. The molecule has 16 heavy (non-hydrogen) atoms. The third-order valence-corrected chi connectivity index (χ3v) is 2.76. The summed E-state index contributed by atoms with van der Waals surface area (Å²) in [5.41, 5.74) is 2.84. The summed E-state index contributed by atoms with van der Waals surface area (Å²) in [6, 6.07) is 9.83. The van der Waals surface area contributed by atoms with Crippen LogP contribution in [0.1, 0.15) is 40.2 Å². The molecule has 0 saturated carbocycles. The monoisotopic (exact) mass is 269 g/mol. The van der Waals surface area contributed by atoms with Gasteiger partial charge < -0.3 is 4.90 Å². The van der Waals surface area contributed by atoms with Gasteiger partial charge in [0.1, 0.15) is 0 Å². The van der Waals surface area contributed by atoms with Crippen LogP contribution < -0.4 is 4.90 Å². The van der Waals surface area contributed by atoms with Gasteiger partial charge in [0.25, 0.3) is 0 Å². The van der Waals surface area contributed by atoms with Gasteiger partial charge >= 0.3 is 0 Å². The van der Waals surface area contributed by atoms with Gasteiger partial charge in [0, 0.05) is 37.2 Å². The molecule has 0 spiro atoms. The minimum Gasteiger partial charge on any atom is -0.366 e. The Hall–Kier alpha value is -0.357. The maximum Gasteiger partial charge on any atom is 0.0403 e. The van der Waals surface area contributed by atoms with E-state index in [-0.39, 0.29) is 19.5 Å². The fourth-order valence-corrected chi connectivity index (χ4v) is 2.21. The molecular weight excluding hydrogens is 248 g/mol. The van der Waals surface area contributed by atoms with E-state index in [1.54, 1.807) is 0 Å². The minimum absolute atomic E-state index is 0. The van der Waals surface area contributed by atoms with Gasteiger partial charge in [-0.05, 0) is 45.7 Å². The van der Waals surface area contributed by atoms with Gasteiger partial charge in [0.05, 0.1) is 0 Å². The molecule has 1 nitrogen and oxygen atoms in total. The molecule has 0 aromatic heterocycles. The Labute approximate surface area is 113 Å². The fourth-order valence-electron chi connectivity index (χ4n) is 2.21. The number of para-hydroxylation sites is 1. The molecule has 1 rings (SSSR count). The van der Waals surface area contributed by atoms with Crippen molar-refractivity contribution in [2.45, 2.75) is 53.1 Å². The van der Waals surface area contributed by atoms with Gasteiger partial charge in [0.15, 0.2) is 0 Å². The predicted octanol–water partition coefficient (Wildman–Crippen LogP) is 3.87. The molecule has 1 aromatic rings. The molecule has 0 saturated heterocycles. The number of hydrogen-bond acceptors (Lipinski definition) is 1. The van der Waals surface area contributed by atoms with Crippen molar-refractivity contribution in [1.29, 1.82) is 0 Å². The summed E-state index contributed by atoms with van der Waals surface area (Å²) >= 11 is 0. The Kier molecular flexibility index (Phi) is 6.91. The number of aryl methyl sites for hydroxylation is 1. The van der Waals surface area contributed by atoms with Crippen LogP contribution in [0.2, 0.25) is 0 Å². The Bertz CT molecular complexity index is 299. The first kappa shape index (κ1) is 15.6. The second-order valence-corrected chi connectivity index (χ2v) is 4.58. The van der Waals surface area contributed by atoms with E-state index in [0.717, 1.165) is 6.42 Å². The van der Waals surface area contributed by atoms with Crippen LogP contribution >= 0.6 is 0 Å². The average Bonchev–Trinajstić information content (AvgIpc) is 2.17. The van der Waals surface area contributed by atoms with Crippen molar-refractivity contribution in [3.63, 3.8) is 0 Å². The van der Waals surface area contributed by atoms with Gasteiger partial charge in [-0.15, -0.1) is 0 Å². The van der Waals surface area contributed by atoms with E-state index in [4.69, 9.17) is 0 Å². The maximum absolute atomic E-state index is 2.48. The van der Waals surface area contributed by atoms with Crippen LogP contribution in [-0.2, 0) is 25.9 Å². The fraction of sp³-hybridized carbons (Fsp3) is 0.571. The molecule has 2 heteroatoms. The zero-order valence-corrected chi connectivity index (χ0v) is 14.3. The van der Waals surface area contributed by atoms with Gasteiger partial charge in [0.2, 0.25) is 0 Å². The first-order valence-corrected chi connectivity index (χ1v) is 5.94. The van der Waals surface area contributed by atoms with Crippen molar-refractivity contribution in [2.24, 2.45) is 0 Å². The van der Waals surface area contributed by atoms with E-state index in [2.05, 4.69) is 63.8 Å². The third-order valence-electron chi connectivity index (χ3n) is 2.76. The van der Waals surface area contributed by atoms with Crippen molar-refractivity contribution in [3.8, 4) is 0 Å². The first-order valence-electron chi connectivity index (χ1n) is 5.94. The molecule has 0 aliphatic heterocycles. The van der Waals surface area contributed by atoms with E-state index in [1.165, 1.54) is 11.3 Å². The summed E-state index contributed by atoms with van der Waals surface area (Å²) in [4.78, 5) is 2.48. The number of anilines is 1. The second kappa shape index (κ2) is 7.06. The number of hydrogen-bond donors (Lipinski definition) is 0. The van der Waals surface area contributed by atoms with Crippen LogP contribution in [0.15, 0.2) is 24.3 Å². The molecule has 0 heterocycles. The largest absolute Gasteiger partial charge is 0.366 e. The Morgan fingerprint density at radius 2 is 1.50 bits per heavy atom. The molecule has 0 aliphatic rings. The molecule has 0 aliphatic carbocycles. The van der Waals surface area contributed by atoms with E-state index < -0.39 is 0 Å². The predicted molar refractivity (Wildman–Crippen MR) is 68.6 cm³/mol. The molecule has 1 aromatic carbocycles. The summed E-state index contributed by atoms with van der Waals surface area (Å²) in [6.45, 7) is 11.2. The average molecular weight is 271 g/mol. The van der Waals surface area contributed by atoms with Crippen molar-refractivity contribution in [2.75, 3.05) is 4.90 Å². The first-order chi connectivity index (χ1) is 7.07. The van der Waals surface area contributed by atoms with Crippen molar-refractivity contribution in [3.05, 3.63) is 29.8 Å². The summed E-state index contributed by atoms with van der Waals surface area (Å²) in [5, 5.41) is 0. The molecular formula is C14H23NZn. The van der Waals surface area contributed by atoms with Crippen LogP contribution in [0, 0.1) is 0 Å². The smallest absolute Gasteiger partial charge is 0.0403 e. The summed E-state index contributed by atoms with van der Waals surface area (Å²) < 4.78 is 0. The van der Waals surface area contributed by atoms with Crippen LogP contribution in [0.4, 0.5) is 5.69 Å². The zero-order valence-electron chi connectivity index (χ0n) is 11.3. The molecule has 0 N–H and O–H groups in total. The topological polar surface area (TPSA) is 3.24 Å². The van der Waals surface area contributed by atoms with Gasteiger partial charge in [-0.25, -0.2) is 0 Å². The van der Waals surface area contributed by atoms with Crippen LogP contribution in [0.3, 0.4) is 0 Å². The summed E-state index contributed by atoms with van der Waals surface area (Å²) in [7, 11) is 0. The Morgan fingerprint density at radius 1 is 1.00 bits per heavy atom. The Balaban J connectivity index is 0.00000225. The van der Waals surface area contributed by atoms with Crippen LogP contribution in [0.25, 0.3) is 0 Å². The minimum atomic E-state index is 0. The van der Waals surface area contributed by atoms with Crippen molar-refractivity contribution >= 4 is 5.69 Å². The van der Waals surface area contributed by atoms with Gasteiger partial charge in [-0.1, -0.05) is 25.1 Å². The SMILES string of the molecule is CCc1ccccc1N(C(C)C)C(C)C.[Zn]. The van der Waals surface area contributed by atoms with Gasteiger partial charge in [-0.3, -0.25) is 0 Å². The van der Waals surface area contributed by atoms with E-state index >= 15 is 0 Å². The van der Waals surface area contributed by atoms with Crippen molar-refractivity contribution < 1.29 is 19.5 Å². The van der Waals surface area contributed by atoms with Crippen molar-refractivity contribution in [1.82, 2.24) is 0 Å². The van der Waals surface area contributed by atoms with Crippen LogP contribution in [-0.4, -0.2) is 12.1 Å². The molecule has 0 fully saturated rings. The van der Waals surface area contributed by atoms with E-state index in [0.29, 0.717) is 12.1 Å². The normalized spacial score (nSPS) is 10.4. The Morgan fingerprint density at radius 3 is 1.94 bits per heavy atom. The molecule has 0 atom stereocenters. The zero-order chi connectivity index (χ0) is 11.4. The standard InChI is InChI=1S/C14H23N.Zn/c1-6-13-9-7-8-10-14(13)15(11(2)3)12(4)5;/h7-12H,6H2,1-5H3;. The quantitative estimate of drug-likeness (QED) is 0.751. The second-order valence-electron chi connectivity index (χ2n) is 4.58. The number of rotatable bonds is 4. The molecule has 0 amide bonds. The van der Waals surface area contributed by atoms with Crippen LogP contribution in [0.5, 0.6) is 0 Å². The van der Waals surface area contributed by atoms with Gasteiger partial charge in [-0.2, -0.15) is 0 Å². The molecule has 0 unspecified atom stereocenters.